The van der Waals surface area contributed by atoms with Crippen LogP contribution >= 0.6 is 23.1 Å². The van der Waals surface area contributed by atoms with Crippen LogP contribution in [-0.4, -0.2) is 34.2 Å². The highest BCUT2D eigenvalue weighted by molar-refractivity contribution is 7.99. The van der Waals surface area contributed by atoms with Crippen molar-refractivity contribution in [2.45, 2.75) is 25.3 Å². The summed E-state index contributed by atoms with van der Waals surface area (Å²) in [5.74, 6) is 4.14. The second-order valence-corrected chi connectivity index (χ2v) is 6.72. The molecule has 0 amide bonds. The van der Waals surface area contributed by atoms with Crippen LogP contribution in [0.3, 0.4) is 0 Å². The summed E-state index contributed by atoms with van der Waals surface area (Å²) in [7, 11) is 0. The summed E-state index contributed by atoms with van der Waals surface area (Å²) in [4.78, 5) is 5.85. The highest BCUT2D eigenvalue weighted by atomic mass is 32.2. The van der Waals surface area contributed by atoms with E-state index in [2.05, 4.69) is 39.9 Å². The maximum absolute atomic E-state index is 5.46. The van der Waals surface area contributed by atoms with Gasteiger partial charge in [0.05, 0.1) is 5.92 Å². The molecule has 2 aromatic heterocycles. The molecule has 0 aliphatic carbocycles. The van der Waals surface area contributed by atoms with E-state index in [1.54, 1.807) is 11.3 Å². The minimum Gasteiger partial charge on any atom is -0.339 e. The average molecular weight is 295 g/mol. The Bertz CT molecular complexity index is 512. The fourth-order valence-electron chi connectivity index (χ4n) is 2.32. The van der Waals surface area contributed by atoms with Crippen molar-refractivity contribution in [3.8, 4) is 0 Å². The number of nitrogens with one attached hydrogen (secondary N) is 1. The molecule has 102 valence electrons. The molecular weight excluding hydrogens is 278 g/mol. The molecule has 1 fully saturated rings. The van der Waals surface area contributed by atoms with Gasteiger partial charge in [-0.1, -0.05) is 18.1 Å². The number of nitrogens with zero attached hydrogens (tertiary/aromatic N) is 2. The Morgan fingerprint density at radius 1 is 1.47 bits per heavy atom. The zero-order chi connectivity index (χ0) is 13.1. The second-order valence-electron chi connectivity index (χ2n) is 4.61. The van der Waals surface area contributed by atoms with Gasteiger partial charge in [0.15, 0.2) is 5.82 Å². The van der Waals surface area contributed by atoms with Crippen LogP contribution in [0.25, 0.3) is 0 Å². The number of likely N-dealkylation sites (N-methyl/N-ethyl adjacent to an activating group) is 1. The van der Waals surface area contributed by atoms with E-state index in [0.29, 0.717) is 12.0 Å². The Hall–Kier alpha value is -0.850. The monoisotopic (exact) mass is 295 g/mol. The van der Waals surface area contributed by atoms with Crippen LogP contribution in [0.5, 0.6) is 0 Å². The van der Waals surface area contributed by atoms with Crippen molar-refractivity contribution < 1.29 is 4.52 Å². The van der Waals surface area contributed by atoms with E-state index in [9.17, 15) is 0 Å². The normalized spacial score (nSPS) is 23.0. The number of hydrogen-bond donors (Lipinski definition) is 1. The minimum atomic E-state index is 0.356. The van der Waals surface area contributed by atoms with Crippen molar-refractivity contribution in [2.75, 3.05) is 18.1 Å². The first kappa shape index (κ1) is 13.1. The van der Waals surface area contributed by atoms with Crippen molar-refractivity contribution in [3.63, 3.8) is 0 Å². The highest BCUT2D eigenvalue weighted by Crippen LogP contribution is 2.32. The molecule has 3 rings (SSSR count). The number of hydrogen-bond acceptors (Lipinski definition) is 6. The lowest BCUT2D eigenvalue weighted by atomic mass is 10.0. The molecule has 0 bridgehead atoms. The Kier molecular flexibility index (Phi) is 4.20. The van der Waals surface area contributed by atoms with E-state index in [0.717, 1.165) is 36.2 Å². The van der Waals surface area contributed by atoms with Crippen LogP contribution in [0.2, 0.25) is 0 Å². The molecule has 1 aliphatic heterocycles. The molecule has 0 radical (unpaired) electrons. The molecule has 2 atom stereocenters. The molecule has 2 unspecified atom stereocenters. The molecule has 1 aliphatic rings. The first-order valence-electron chi connectivity index (χ1n) is 6.52. The number of thiophene rings is 1. The van der Waals surface area contributed by atoms with Crippen molar-refractivity contribution in [3.05, 3.63) is 34.1 Å². The second kappa shape index (κ2) is 6.07. The Labute approximate surface area is 121 Å². The van der Waals surface area contributed by atoms with Gasteiger partial charge < -0.3 is 9.84 Å². The van der Waals surface area contributed by atoms with Gasteiger partial charge in [0.2, 0.25) is 5.89 Å². The molecule has 0 saturated carbocycles. The third kappa shape index (κ3) is 3.01. The van der Waals surface area contributed by atoms with Gasteiger partial charge in [-0.3, -0.25) is 0 Å². The van der Waals surface area contributed by atoms with Crippen LogP contribution in [0, 0.1) is 0 Å². The topological polar surface area (TPSA) is 51.0 Å². The summed E-state index contributed by atoms with van der Waals surface area (Å²) in [5, 5.41) is 9.69. The zero-order valence-corrected chi connectivity index (χ0v) is 12.5. The molecule has 19 heavy (non-hydrogen) atoms. The lowest BCUT2D eigenvalue weighted by molar-refractivity contribution is 0.338. The van der Waals surface area contributed by atoms with E-state index in [-0.39, 0.29) is 0 Å². The van der Waals surface area contributed by atoms with Gasteiger partial charge in [0.25, 0.3) is 0 Å². The maximum atomic E-state index is 5.46. The fraction of sp³-hybridized carbons (Fsp3) is 0.538. The Morgan fingerprint density at radius 2 is 2.42 bits per heavy atom. The summed E-state index contributed by atoms with van der Waals surface area (Å²) in [6.07, 6.45) is 0.771. The SMILES string of the molecule is CCNC1CSCC1c1nc(Cc2cccs2)no1. The first-order valence-corrected chi connectivity index (χ1v) is 8.56. The first-order chi connectivity index (χ1) is 9.36. The smallest absolute Gasteiger partial charge is 0.232 e. The Balaban J connectivity index is 1.70. The van der Waals surface area contributed by atoms with Gasteiger partial charge in [0, 0.05) is 28.8 Å². The van der Waals surface area contributed by atoms with Gasteiger partial charge in [-0.15, -0.1) is 11.3 Å². The van der Waals surface area contributed by atoms with Gasteiger partial charge in [-0.05, 0) is 18.0 Å². The van der Waals surface area contributed by atoms with Crippen LogP contribution < -0.4 is 5.32 Å². The maximum Gasteiger partial charge on any atom is 0.232 e. The van der Waals surface area contributed by atoms with Crippen molar-refractivity contribution in [2.24, 2.45) is 0 Å². The predicted molar refractivity (Wildman–Crippen MR) is 79.0 cm³/mol. The summed E-state index contributed by atoms with van der Waals surface area (Å²) >= 11 is 3.68. The lowest BCUT2D eigenvalue weighted by Crippen LogP contribution is -2.34. The van der Waals surface area contributed by atoms with E-state index < -0.39 is 0 Å². The quantitative estimate of drug-likeness (QED) is 0.918. The summed E-state index contributed by atoms with van der Waals surface area (Å²) in [5.41, 5.74) is 0. The summed E-state index contributed by atoms with van der Waals surface area (Å²) < 4.78 is 5.46. The molecule has 0 spiro atoms. The highest BCUT2D eigenvalue weighted by Gasteiger charge is 2.32. The predicted octanol–water partition coefficient (Wildman–Crippen LogP) is 2.53. The summed E-state index contributed by atoms with van der Waals surface area (Å²) in [6, 6.07) is 4.62. The lowest BCUT2D eigenvalue weighted by Gasteiger charge is -2.15. The zero-order valence-electron chi connectivity index (χ0n) is 10.8. The van der Waals surface area contributed by atoms with Crippen LogP contribution in [0.4, 0.5) is 0 Å². The van der Waals surface area contributed by atoms with E-state index in [1.165, 1.54) is 4.88 Å². The molecule has 1 N–H and O–H groups in total. The van der Waals surface area contributed by atoms with E-state index >= 15 is 0 Å². The molecule has 6 heteroatoms. The largest absolute Gasteiger partial charge is 0.339 e. The van der Waals surface area contributed by atoms with Gasteiger partial charge in [-0.2, -0.15) is 16.7 Å². The van der Waals surface area contributed by atoms with Crippen molar-refractivity contribution in [1.29, 1.82) is 0 Å². The van der Waals surface area contributed by atoms with Crippen molar-refractivity contribution >= 4 is 23.1 Å². The standard InChI is InChI=1S/C13H17N3OS2/c1-2-14-11-8-18-7-10(11)13-15-12(16-17-13)6-9-4-3-5-19-9/h3-5,10-11,14H,2,6-8H2,1H3. The van der Waals surface area contributed by atoms with E-state index in [4.69, 9.17) is 4.52 Å². The average Bonchev–Trinajstić information content (AvgIpc) is 3.11. The van der Waals surface area contributed by atoms with Crippen LogP contribution in [-0.2, 0) is 6.42 Å². The molecular formula is C13H17N3OS2. The van der Waals surface area contributed by atoms with Crippen LogP contribution in [0.1, 0.15) is 29.4 Å². The van der Waals surface area contributed by atoms with Crippen LogP contribution in [0.15, 0.2) is 22.0 Å². The number of thioether (sulfide) groups is 1. The van der Waals surface area contributed by atoms with E-state index in [1.807, 2.05) is 11.8 Å². The molecule has 3 heterocycles. The number of aromatic nitrogens is 2. The molecule has 2 aromatic rings. The Morgan fingerprint density at radius 3 is 3.21 bits per heavy atom. The van der Waals surface area contributed by atoms with Gasteiger partial charge in [-0.25, -0.2) is 0 Å². The van der Waals surface area contributed by atoms with Gasteiger partial charge >= 0.3 is 0 Å². The molecule has 1 saturated heterocycles. The molecule has 4 nitrogen and oxygen atoms in total. The van der Waals surface area contributed by atoms with Gasteiger partial charge in [0.1, 0.15) is 0 Å². The number of rotatable bonds is 5. The third-order valence-electron chi connectivity index (χ3n) is 3.26. The summed E-state index contributed by atoms with van der Waals surface area (Å²) in [6.45, 7) is 3.12. The van der Waals surface area contributed by atoms with Crippen molar-refractivity contribution in [1.82, 2.24) is 15.5 Å². The fourth-order valence-corrected chi connectivity index (χ4v) is 4.39. The minimum absolute atomic E-state index is 0.356. The third-order valence-corrected chi connectivity index (χ3v) is 5.33. The molecule has 0 aromatic carbocycles.